The third kappa shape index (κ3) is 3.92. The molecule has 7 heteroatoms. The van der Waals surface area contributed by atoms with Crippen LogP contribution in [0.5, 0.6) is 0 Å². The second-order valence-electron chi connectivity index (χ2n) is 7.06. The van der Waals surface area contributed by atoms with Crippen molar-refractivity contribution in [3.05, 3.63) is 52.4 Å². The summed E-state index contributed by atoms with van der Waals surface area (Å²) in [4.78, 5) is 14.9. The fraction of sp³-hybridized carbons (Fsp3) is 0.474. The number of hydrogen-bond donors (Lipinski definition) is 1. The summed E-state index contributed by atoms with van der Waals surface area (Å²) < 4.78 is 11.3. The lowest BCUT2D eigenvalue weighted by Crippen LogP contribution is -2.48. The van der Waals surface area contributed by atoms with E-state index in [-0.39, 0.29) is 18.1 Å². The first kappa shape index (κ1) is 17.5. The van der Waals surface area contributed by atoms with Gasteiger partial charge in [-0.25, -0.2) is 0 Å². The normalized spacial score (nSPS) is 22.2. The number of aromatic nitrogens is 1. The second-order valence-corrected chi connectivity index (χ2v) is 7.50. The Bertz CT molecular complexity index is 773. The SMILES string of the molecule is CN1CCOC(C(NC(=O)c2cc(C3CC3)on2)c2ccc(Cl)cc2)C1. The second kappa shape index (κ2) is 7.39. The maximum absolute atomic E-state index is 12.7. The number of carbonyl (C=O) groups is 1. The molecule has 0 spiro atoms. The Labute approximate surface area is 157 Å². The number of nitrogens with one attached hydrogen (secondary N) is 1. The van der Waals surface area contributed by atoms with Crippen LogP contribution in [-0.2, 0) is 4.74 Å². The molecule has 2 unspecified atom stereocenters. The third-order valence-electron chi connectivity index (χ3n) is 4.92. The number of rotatable bonds is 5. The quantitative estimate of drug-likeness (QED) is 0.870. The number of ether oxygens (including phenoxy) is 1. The van der Waals surface area contributed by atoms with Gasteiger partial charge in [0.25, 0.3) is 5.91 Å². The number of benzene rings is 1. The fourth-order valence-electron chi connectivity index (χ4n) is 3.25. The largest absolute Gasteiger partial charge is 0.373 e. The Hall–Kier alpha value is -1.89. The van der Waals surface area contributed by atoms with E-state index in [4.69, 9.17) is 20.9 Å². The number of hydrogen-bond acceptors (Lipinski definition) is 5. The molecule has 2 aliphatic rings. The van der Waals surface area contributed by atoms with Crippen molar-refractivity contribution in [3.8, 4) is 0 Å². The van der Waals surface area contributed by atoms with Crippen LogP contribution in [0.2, 0.25) is 5.02 Å². The van der Waals surface area contributed by atoms with Crippen LogP contribution in [0.3, 0.4) is 0 Å². The van der Waals surface area contributed by atoms with Gasteiger partial charge in [-0.1, -0.05) is 28.9 Å². The molecular formula is C19H22ClN3O3. The number of amides is 1. The van der Waals surface area contributed by atoms with E-state index in [0.29, 0.717) is 23.2 Å². The van der Waals surface area contributed by atoms with E-state index in [1.54, 1.807) is 6.07 Å². The molecule has 1 aliphatic carbocycles. The van der Waals surface area contributed by atoms with Gasteiger partial charge in [0.05, 0.1) is 18.8 Å². The van der Waals surface area contributed by atoms with Gasteiger partial charge in [-0.3, -0.25) is 4.79 Å². The van der Waals surface area contributed by atoms with Crippen molar-refractivity contribution < 1.29 is 14.1 Å². The summed E-state index contributed by atoms with van der Waals surface area (Å²) >= 11 is 6.02. The highest BCUT2D eigenvalue weighted by molar-refractivity contribution is 6.30. The summed E-state index contributed by atoms with van der Waals surface area (Å²) in [6.07, 6.45) is 2.06. The fourth-order valence-corrected chi connectivity index (χ4v) is 3.37. The summed E-state index contributed by atoms with van der Waals surface area (Å²) in [5.74, 6) is 0.968. The van der Waals surface area contributed by atoms with E-state index in [9.17, 15) is 4.79 Å². The van der Waals surface area contributed by atoms with Crippen LogP contribution in [0.25, 0.3) is 0 Å². The lowest BCUT2D eigenvalue weighted by Gasteiger charge is -2.35. The van der Waals surface area contributed by atoms with Crippen LogP contribution in [0.15, 0.2) is 34.9 Å². The first-order valence-electron chi connectivity index (χ1n) is 8.93. The van der Waals surface area contributed by atoms with Crippen LogP contribution in [0.4, 0.5) is 0 Å². The summed E-state index contributed by atoms with van der Waals surface area (Å²) in [5, 5.41) is 7.67. The average molecular weight is 376 g/mol. The highest BCUT2D eigenvalue weighted by atomic mass is 35.5. The predicted molar refractivity (Wildman–Crippen MR) is 97.4 cm³/mol. The molecule has 1 N–H and O–H groups in total. The summed E-state index contributed by atoms with van der Waals surface area (Å²) in [6.45, 7) is 2.25. The molecule has 2 fully saturated rings. The van der Waals surface area contributed by atoms with Crippen molar-refractivity contribution in [1.82, 2.24) is 15.4 Å². The molecule has 2 atom stereocenters. The molecule has 0 radical (unpaired) electrons. The van der Waals surface area contributed by atoms with Crippen molar-refractivity contribution in [3.63, 3.8) is 0 Å². The van der Waals surface area contributed by atoms with Crippen molar-refractivity contribution >= 4 is 17.5 Å². The molecule has 1 aromatic carbocycles. The van der Waals surface area contributed by atoms with Crippen molar-refractivity contribution in [2.45, 2.75) is 30.9 Å². The lowest BCUT2D eigenvalue weighted by molar-refractivity contribution is -0.0381. The van der Waals surface area contributed by atoms with E-state index >= 15 is 0 Å². The molecule has 4 rings (SSSR count). The molecule has 2 aromatic rings. The highest BCUT2D eigenvalue weighted by Crippen LogP contribution is 2.40. The molecule has 1 saturated heterocycles. The minimum atomic E-state index is -0.288. The number of morpholine rings is 1. The first-order chi connectivity index (χ1) is 12.6. The molecule has 1 aromatic heterocycles. The maximum Gasteiger partial charge on any atom is 0.274 e. The van der Waals surface area contributed by atoms with Crippen LogP contribution in [0, 0.1) is 0 Å². The minimum absolute atomic E-state index is 0.145. The Morgan fingerprint density at radius 1 is 1.35 bits per heavy atom. The summed E-state index contributed by atoms with van der Waals surface area (Å²) in [6, 6.07) is 8.95. The number of halogens is 1. The zero-order valence-electron chi connectivity index (χ0n) is 14.7. The summed E-state index contributed by atoms with van der Waals surface area (Å²) in [5.41, 5.74) is 1.27. The Balaban J connectivity index is 1.54. The van der Waals surface area contributed by atoms with E-state index in [1.807, 2.05) is 24.3 Å². The summed E-state index contributed by atoms with van der Waals surface area (Å²) in [7, 11) is 2.05. The molecular weight excluding hydrogens is 354 g/mol. The first-order valence-corrected chi connectivity index (χ1v) is 9.31. The Morgan fingerprint density at radius 3 is 2.81 bits per heavy atom. The highest BCUT2D eigenvalue weighted by Gasteiger charge is 2.32. The van der Waals surface area contributed by atoms with Crippen molar-refractivity contribution in [2.24, 2.45) is 0 Å². The Kier molecular flexibility index (Phi) is 4.98. The molecule has 1 amide bonds. The van der Waals surface area contributed by atoms with Crippen molar-refractivity contribution in [2.75, 3.05) is 26.7 Å². The van der Waals surface area contributed by atoms with E-state index in [0.717, 1.165) is 37.3 Å². The van der Waals surface area contributed by atoms with Crippen LogP contribution >= 0.6 is 11.6 Å². The van der Waals surface area contributed by atoms with Gasteiger partial charge < -0.3 is 19.5 Å². The molecule has 1 aliphatic heterocycles. The number of carbonyl (C=O) groups excluding carboxylic acids is 1. The number of likely N-dealkylation sites (N-methyl/N-ethyl adjacent to an activating group) is 1. The Morgan fingerprint density at radius 2 is 2.12 bits per heavy atom. The van der Waals surface area contributed by atoms with Gasteiger partial charge in [0.15, 0.2) is 5.69 Å². The van der Waals surface area contributed by atoms with Gasteiger partial charge in [0, 0.05) is 30.1 Å². The van der Waals surface area contributed by atoms with Gasteiger partial charge >= 0.3 is 0 Å². The number of nitrogens with zero attached hydrogens (tertiary/aromatic N) is 2. The zero-order chi connectivity index (χ0) is 18.1. The maximum atomic E-state index is 12.7. The molecule has 26 heavy (non-hydrogen) atoms. The molecule has 0 bridgehead atoms. The molecule has 1 saturated carbocycles. The third-order valence-corrected chi connectivity index (χ3v) is 5.18. The molecule has 138 valence electrons. The van der Waals surface area contributed by atoms with Crippen molar-refractivity contribution in [1.29, 1.82) is 0 Å². The minimum Gasteiger partial charge on any atom is -0.373 e. The van der Waals surface area contributed by atoms with Crippen LogP contribution in [0.1, 0.15) is 46.6 Å². The van der Waals surface area contributed by atoms with Crippen LogP contribution in [-0.4, -0.2) is 48.8 Å². The van der Waals surface area contributed by atoms with E-state index in [1.165, 1.54) is 0 Å². The monoisotopic (exact) mass is 375 g/mol. The van der Waals surface area contributed by atoms with Gasteiger partial charge in [0.1, 0.15) is 5.76 Å². The predicted octanol–water partition coefficient (Wildman–Crippen LogP) is 3.01. The average Bonchev–Trinajstić information content (AvgIpc) is 3.37. The molecule has 2 heterocycles. The van der Waals surface area contributed by atoms with Gasteiger partial charge in [-0.15, -0.1) is 0 Å². The van der Waals surface area contributed by atoms with Gasteiger partial charge in [0.2, 0.25) is 0 Å². The van der Waals surface area contributed by atoms with Crippen LogP contribution < -0.4 is 5.32 Å². The zero-order valence-corrected chi connectivity index (χ0v) is 15.4. The molecule has 6 nitrogen and oxygen atoms in total. The standard InChI is InChI=1S/C19H22ClN3O3/c1-23-8-9-25-17(11-23)18(13-4-6-14(20)7-5-13)21-19(24)15-10-16(26-22-15)12-2-3-12/h4-7,10,12,17-18H,2-3,8-9,11H2,1H3,(H,21,24). The lowest BCUT2D eigenvalue weighted by atomic mass is 9.99. The van der Waals surface area contributed by atoms with Gasteiger partial charge in [-0.05, 0) is 37.6 Å². The van der Waals surface area contributed by atoms with E-state index in [2.05, 4.69) is 22.4 Å². The smallest absolute Gasteiger partial charge is 0.274 e. The van der Waals surface area contributed by atoms with Gasteiger partial charge in [-0.2, -0.15) is 0 Å². The van der Waals surface area contributed by atoms with E-state index < -0.39 is 0 Å². The topological polar surface area (TPSA) is 67.6 Å².